The zero-order valence-corrected chi connectivity index (χ0v) is 19.7. The van der Waals surface area contributed by atoms with Gasteiger partial charge in [0.25, 0.3) is 0 Å². The van der Waals surface area contributed by atoms with Gasteiger partial charge in [-0.05, 0) is 35.1 Å². The number of carboxylic acid groups (broad SMARTS) is 1. The molecule has 0 aromatic heterocycles. The number of rotatable bonds is 6. The number of likely N-dealkylation sites (tertiary alicyclic amines) is 1. The molecular formula is C27H30N2O6. The summed E-state index contributed by atoms with van der Waals surface area (Å²) >= 11 is 0. The van der Waals surface area contributed by atoms with Crippen LogP contribution in [0.3, 0.4) is 0 Å². The first-order valence-electron chi connectivity index (χ1n) is 12.1. The summed E-state index contributed by atoms with van der Waals surface area (Å²) in [6.45, 7) is 0.592. The zero-order valence-electron chi connectivity index (χ0n) is 19.7. The molecule has 8 nitrogen and oxygen atoms in total. The van der Waals surface area contributed by atoms with Crippen molar-refractivity contribution in [1.29, 1.82) is 0 Å². The second-order valence-corrected chi connectivity index (χ2v) is 9.58. The van der Waals surface area contributed by atoms with Crippen LogP contribution in [0.5, 0.6) is 0 Å². The van der Waals surface area contributed by atoms with Gasteiger partial charge in [-0.15, -0.1) is 0 Å². The molecule has 0 radical (unpaired) electrons. The number of hydrogen-bond donors (Lipinski definition) is 2. The fraction of sp³-hybridized carbons (Fsp3) is 0.444. The number of carbonyl (C=O) groups excluding carboxylic acids is 2. The fourth-order valence-corrected chi connectivity index (χ4v) is 5.88. The average molecular weight is 479 g/mol. The Bertz CT molecular complexity index is 1090. The Morgan fingerprint density at radius 1 is 0.971 bits per heavy atom. The van der Waals surface area contributed by atoms with Gasteiger partial charge in [0, 0.05) is 32.2 Å². The molecule has 2 aromatic carbocycles. The maximum atomic E-state index is 13.2. The molecule has 8 heteroatoms. The summed E-state index contributed by atoms with van der Waals surface area (Å²) in [6, 6.07) is 16.0. The number of amides is 2. The van der Waals surface area contributed by atoms with E-state index in [4.69, 9.17) is 9.47 Å². The quantitative estimate of drug-likeness (QED) is 0.660. The smallest absolute Gasteiger partial charge is 0.407 e. The summed E-state index contributed by atoms with van der Waals surface area (Å²) in [6.07, 6.45) is 1.10. The second kappa shape index (κ2) is 9.70. The number of nitrogens with zero attached hydrogens (tertiary/aromatic N) is 1. The lowest BCUT2D eigenvalue weighted by molar-refractivity contribution is -0.144. The topological polar surface area (TPSA) is 105 Å². The molecule has 0 spiro atoms. The highest BCUT2D eigenvalue weighted by Crippen LogP contribution is 2.44. The maximum Gasteiger partial charge on any atom is 0.407 e. The van der Waals surface area contributed by atoms with Gasteiger partial charge >= 0.3 is 12.1 Å². The molecule has 5 rings (SSSR count). The zero-order chi connectivity index (χ0) is 24.5. The van der Waals surface area contributed by atoms with Crippen LogP contribution < -0.4 is 5.32 Å². The van der Waals surface area contributed by atoms with Crippen LogP contribution in [0.25, 0.3) is 11.1 Å². The molecule has 1 saturated carbocycles. The van der Waals surface area contributed by atoms with Crippen molar-refractivity contribution in [2.75, 3.05) is 26.8 Å². The molecule has 2 aromatic rings. The lowest BCUT2D eigenvalue weighted by Gasteiger charge is -2.25. The third kappa shape index (κ3) is 4.38. The highest BCUT2D eigenvalue weighted by atomic mass is 16.5. The molecule has 3 aliphatic rings. The number of benzene rings is 2. The van der Waals surface area contributed by atoms with Crippen molar-refractivity contribution in [3.63, 3.8) is 0 Å². The standard InChI is InChI=1S/C27H30N2O6/c1-34-24-14-29(13-21(24)26(31)32)25(30)20-11-6-12-23(20)28-27(33)35-15-22-18-9-4-2-7-16(18)17-8-3-5-10-19(17)22/h2-5,7-10,20-24H,6,11-15H2,1H3,(H,28,33)(H,31,32). The molecule has 4 atom stereocenters. The van der Waals surface area contributed by atoms with E-state index in [1.165, 1.54) is 18.2 Å². The van der Waals surface area contributed by atoms with Gasteiger partial charge in [0.2, 0.25) is 5.91 Å². The van der Waals surface area contributed by atoms with E-state index in [9.17, 15) is 19.5 Å². The molecule has 1 saturated heterocycles. The van der Waals surface area contributed by atoms with Gasteiger partial charge < -0.3 is 24.8 Å². The normalized spacial score (nSPS) is 25.2. The highest BCUT2D eigenvalue weighted by molar-refractivity contribution is 5.83. The van der Waals surface area contributed by atoms with Crippen LogP contribution in [-0.4, -0.2) is 66.9 Å². The number of hydrogen-bond acceptors (Lipinski definition) is 5. The maximum absolute atomic E-state index is 13.2. The van der Waals surface area contributed by atoms with E-state index >= 15 is 0 Å². The van der Waals surface area contributed by atoms with Crippen molar-refractivity contribution in [2.24, 2.45) is 11.8 Å². The number of ether oxygens (including phenoxy) is 2. The molecule has 184 valence electrons. The van der Waals surface area contributed by atoms with Crippen LogP contribution in [-0.2, 0) is 19.1 Å². The van der Waals surface area contributed by atoms with Gasteiger partial charge in [-0.1, -0.05) is 55.0 Å². The number of nitrogens with one attached hydrogen (secondary N) is 1. The number of methoxy groups -OCH3 is 1. The monoisotopic (exact) mass is 478 g/mol. The van der Waals surface area contributed by atoms with Gasteiger partial charge in [-0.25, -0.2) is 4.79 Å². The summed E-state index contributed by atoms with van der Waals surface area (Å²) in [5, 5.41) is 12.3. The van der Waals surface area contributed by atoms with E-state index in [1.54, 1.807) is 4.90 Å². The summed E-state index contributed by atoms with van der Waals surface area (Å²) in [5.74, 6) is -2.25. The number of fused-ring (bicyclic) bond motifs is 3. The first-order valence-corrected chi connectivity index (χ1v) is 12.1. The summed E-state index contributed by atoms with van der Waals surface area (Å²) < 4.78 is 11.0. The summed E-state index contributed by atoms with van der Waals surface area (Å²) in [4.78, 5) is 39.0. The van der Waals surface area contributed by atoms with Crippen molar-refractivity contribution in [1.82, 2.24) is 10.2 Å². The number of aliphatic carboxylic acids is 1. The lowest BCUT2D eigenvalue weighted by atomic mass is 9.98. The minimum absolute atomic E-state index is 0.0299. The number of carbonyl (C=O) groups is 3. The molecule has 2 aliphatic carbocycles. The van der Waals surface area contributed by atoms with Crippen LogP contribution in [0.4, 0.5) is 4.79 Å². The Hall–Kier alpha value is -3.39. The molecule has 1 heterocycles. The van der Waals surface area contributed by atoms with Crippen LogP contribution in [0.15, 0.2) is 48.5 Å². The minimum Gasteiger partial charge on any atom is -0.481 e. The Kier molecular flexibility index (Phi) is 6.47. The van der Waals surface area contributed by atoms with Gasteiger partial charge in [0.1, 0.15) is 12.5 Å². The van der Waals surface area contributed by atoms with Crippen molar-refractivity contribution in [2.45, 2.75) is 37.3 Å². The molecular weight excluding hydrogens is 448 g/mol. The van der Waals surface area contributed by atoms with Crippen molar-refractivity contribution in [3.8, 4) is 11.1 Å². The van der Waals surface area contributed by atoms with Crippen molar-refractivity contribution >= 4 is 18.0 Å². The Morgan fingerprint density at radius 2 is 1.63 bits per heavy atom. The minimum atomic E-state index is -0.966. The summed E-state index contributed by atoms with van der Waals surface area (Å²) in [5.41, 5.74) is 4.62. The van der Waals surface area contributed by atoms with Gasteiger partial charge in [-0.3, -0.25) is 9.59 Å². The molecule has 2 fully saturated rings. The van der Waals surface area contributed by atoms with E-state index in [-0.39, 0.29) is 43.5 Å². The van der Waals surface area contributed by atoms with Crippen LogP contribution in [0, 0.1) is 11.8 Å². The SMILES string of the molecule is COC1CN(C(=O)C2CCCC2NC(=O)OCC2c3ccccc3-c3ccccc32)CC1C(=O)O. The van der Waals surface area contributed by atoms with E-state index in [2.05, 4.69) is 29.6 Å². The van der Waals surface area contributed by atoms with Crippen LogP contribution >= 0.6 is 0 Å². The highest BCUT2D eigenvalue weighted by Gasteiger charge is 2.44. The second-order valence-electron chi connectivity index (χ2n) is 9.58. The number of alkyl carbamates (subject to hydrolysis) is 1. The molecule has 0 bridgehead atoms. The molecule has 4 unspecified atom stereocenters. The average Bonchev–Trinajstić information content (AvgIpc) is 3.58. The predicted molar refractivity (Wildman–Crippen MR) is 128 cm³/mol. The Labute approximate surface area is 204 Å². The van der Waals surface area contributed by atoms with Gasteiger partial charge in [0.05, 0.1) is 12.0 Å². The van der Waals surface area contributed by atoms with Crippen molar-refractivity contribution < 1.29 is 29.0 Å². The van der Waals surface area contributed by atoms with Gasteiger partial charge in [-0.2, -0.15) is 0 Å². The summed E-state index contributed by atoms with van der Waals surface area (Å²) in [7, 11) is 1.46. The van der Waals surface area contributed by atoms with Crippen molar-refractivity contribution in [3.05, 3.63) is 59.7 Å². The first-order chi connectivity index (χ1) is 17.0. The first kappa shape index (κ1) is 23.4. The predicted octanol–water partition coefficient (Wildman–Crippen LogP) is 3.25. The van der Waals surface area contributed by atoms with E-state index < -0.39 is 24.1 Å². The molecule has 1 aliphatic heterocycles. The lowest BCUT2D eigenvalue weighted by Crippen LogP contribution is -2.45. The largest absolute Gasteiger partial charge is 0.481 e. The van der Waals surface area contributed by atoms with E-state index in [0.717, 1.165) is 17.5 Å². The molecule has 2 amide bonds. The third-order valence-corrected chi connectivity index (χ3v) is 7.68. The van der Waals surface area contributed by atoms with Gasteiger partial charge in [0.15, 0.2) is 0 Å². The molecule has 35 heavy (non-hydrogen) atoms. The number of carboxylic acids is 1. The Morgan fingerprint density at radius 3 is 2.23 bits per heavy atom. The van der Waals surface area contributed by atoms with Crippen LogP contribution in [0.2, 0.25) is 0 Å². The van der Waals surface area contributed by atoms with E-state index in [0.29, 0.717) is 12.8 Å². The third-order valence-electron chi connectivity index (χ3n) is 7.68. The Balaban J connectivity index is 1.21. The van der Waals surface area contributed by atoms with Crippen LogP contribution in [0.1, 0.15) is 36.3 Å². The fourth-order valence-electron chi connectivity index (χ4n) is 5.88. The van der Waals surface area contributed by atoms with E-state index in [1.807, 2.05) is 24.3 Å². The molecule has 2 N–H and O–H groups in total.